The lowest BCUT2D eigenvalue weighted by Crippen LogP contribution is -2.03. The van der Waals surface area contributed by atoms with Crippen LogP contribution in [0.15, 0.2) is 42.5 Å². The summed E-state index contributed by atoms with van der Waals surface area (Å²) in [5.74, 6) is 1.80. The van der Waals surface area contributed by atoms with Crippen LogP contribution in [0.1, 0.15) is 25.5 Å². The fraction of sp³-hybridized carbons (Fsp3) is 0.278. The molecule has 0 aliphatic heterocycles. The number of aromatic nitrogens is 2. The molecular weight excluding hydrogens is 274 g/mol. The Morgan fingerprint density at radius 2 is 1.86 bits per heavy atom. The van der Waals surface area contributed by atoms with Gasteiger partial charge in [0.25, 0.3) is 0 Å². The summed E-state index contributed by atoms with van der Waals surface area (Å²) in [7, 11) is 1.67. The second kappa shape index (κ2) is 5.81. The first-order chi connectivity index (χ1) is 10.6. The van der Waals surface area contributed by atoms with Gasteiger partial charge in [0.15, 0.2) is 0 Å². The zero-order chi connectivity index (χ0) is 15.7. The number of imidazole rings is 1. The molecule has 0 unspecified atom stereocenters. The number of nitrogens with zero attached hydrogens (tertiary/aromatic N) is 2. The average Bonchev–Trinajstić information content (AvgIpc) is 2.93. The molecule has 4 heteroatoms. The third kappa shape index (κ3) is 2.46. The number of fused-ring (bicyclic) bond motifs is 1. The van der Waals surface area contributed by atoms with Gasteiger partial charge in [0.05, 0.1) is 18.1 Å². The minimum atomic E-state index is 0.322. The Hall–Kier alpha value is -2.33. The summed E-state index contributed by atoms with van der Waals surface area (Å²) in [4.78, 5) is 4.82. The number of nitrogens with two attached hydrogens (primary N) is 1. The Balaban J connectivity index is 2.20. The van der Waals surface area contributed by atoms with Crippen LogP contribution in [-0.4, -0.2) is 16.7 Å². The molecule has 3 aromatic rings. The Labute approximate surface area is 130 Å². The Morgan fingerprint density at radius 1 is 1.14 bits per heavy atom. The van der Waals surface area contributed by atoms with E-state index in [9.17, 15) is 0 Å². The summed E-state index contributed by atoms with van der Waals surface area (Å²) in [5, 5.41) is 0. The topological polar surface area (TPSA) is 53.1 Å². The van der Waals surface area contributed by atoms with Gasteiger partial charge >= 0.3 is 0 Å². The van der Waals surface area contributed by atoms with E-state index in [0.717, 1.165) is 33.7 Å². The van der Waals surface area contributed by atoms with E-state index in [0.29, 0.717) is 12.6 Å². The van der Waals surface area contributed by atoms with Crippen LogP contribution >= 0.6 is 0 Å². The molecule has 0 amide bonds. The summed E-state index contributed by atoms with van der Waals surface area (Å²) in [5.41, 5.74) is 9.97. The van der Waals surface area contributed by atoms with Crippen LogP contribution in [0.25, 0.3) is 22.4 Å². The fourth-order valence-corrected chi connectivity index (χ4v) is 2.72. The summed E-state index contributed by atoms with van der Waals surface area (Å²) in [6.45, 7) is 4.89. The molecule has 0 atom stereocenters. The maximum Gasteiger partial charge on any atom is 0.141 e. The van der Waals surface area contributed by atoms with Crippen LogP contribution in [0.5, 0.6) is 5.75 Å². The molecular formula is C18H21N3O. The number of ether oxygens (including phenoxy) is 1. The number of benzene rings is 2. The summed E-state index contributed by atoms with van der Waals surface area (Å²) in [6.07, 6.45) is 0. The van der Waals surface area contributed by atoms with Crippen molar-refractivity contribution in [3.63, 3.8) is 0 Å². The van der Waals surface area contributed by atoms with Gasteiger partial charge in [-0.1, -0.05) is 24.3 Å². The van der Waals surface area contributed by atoms with Gasteiger partial charge in [-0.25, -0.2) is 4.98 Å². The van der Waals surface area contributed by atoms with E-state index in [4.69, 9.17) is 15.5 Å². The lowest BCUT2D eigenvalue weighted by molar-refractivity contribution is 0.415. The van der Waals surface area contributed by atoms with Gasteiger partial charge in [0, 0.05) is 24.2 Å². The second-order valence-corrected chi connectivity index (χ2v) is 5.65. The lowest BCUT2D eigenvalue weighted by Gasteiger charge is -2.13. The van der Waals surface area contributed by atoms with E-state index >= 15 is 0 Å². The molecule has 22 heavy (non-hydrogen) atoms. The molecule has 0 aliphatic rings. The molecule has 0 fully saturated rings. The highest BCUT2D eigenvalue weighted by Gasteiger charge is 2.15. The molecule has 1 aromatic heterocycles. The van der Waals surface area contributed by atoms with Crippen molar-refractivity contribution < 1.29 is 4.74 Å². The maximum absolute atomic E-state index is 5.68. The second-order valence-electron chi connectivity index (χ2n) is 5.65. The molecule has 0 aliphatic carbocycles. The van der Waals surface area contributed by atoms with E-state index < -0.39 is 0 Å². The van der Waals surface area contributed by atoms with Crippen molar-refractivity contribution in [2.75, 3.05) is 7.11 Å². The number of rotatable bonds is 4. The van der Waals surface area contributed by atoms with Gasteiger partial charge in [0.1, 0.15) is 11.6 Å². The SMILES string of the molecule is COc1ccc2c(c1)nc(-c1ccc(CN)cc1)n2C(C)C. The number of methoxy groups -OCH3 is 1. The van der Waals surface area contributed by atoms with Crippen LogP contribution in [-0.2, 0) is 6.54 Å². The maximum atomic E-state index is 5.68. The molecule has 2 aromatic carbocycles. The van der Waals surface area contributed by atoms with E-state index in [1.807, 2.05) is 12.1 Å². The van der Waals surface area contributed by atoms with Crippen LogP contribution in [0.4, 0.5) is 0 Å². The third-order valence-corrected chi connectivity index (χ3v) is 3.86. The standard InChI is InChI=1S/C18H21N3O/c1-12(2)21-17-9-8-15(22-3)10-16(17)20-18(21)14-6-4-13(11-19)5-7-14/h4-10,12H,11,19H2,1-3H3. The van der Waals surface area contributed by atoms with Gasteiger partial charge in [-0.15, -0.1) is 0 Å². The average molecular weight is 295 g/mol. The largest absolute Gasteiger partial charge is 0.497 e. The molecule has 3 rings (SSSR count). The minimum absolute atomic E-state index is 0.322. The Kier molecular flexibility index (Phi) is 3.86. The van der Waals surface area contributed by atoms with Crippen LogP contribution in [0.3, 0.4) is 0 Å². The lowest BCUT2D eigenvalue weighted by atomic mass is 10.1. The molecule has 114 valence electrons. The monoisotopic (exact) mass is 295 g/mol. The zero-order valence-corrected chi connectivity index (χ0v) is 13.2. The van der Waals surface area contributed by atoms with Crippen molar-refractivity contribution in [1.29, 1.82) is 0 Å². The van der Waals surface area contributed by atoms with Crippen molar-refractivity contribution in [2.24, 2.45) is 5.73 Å². The highest BCUT2D eigenvalue weighted by molar-refractivity contribution is 5.82. The predicted molar refractivity (Wildman–Crippen MR) is 90.0 cm³/mol. The number of hydrogen-bond acceptors (Lipinski definition) is 3. The van der Waals surface area contributed by atoms with E-state index in [1.165, 1.54) is 0 Å². The third-order valence-electron chi connectivity index (χ3n) is 3.86. The molecule has 0 saturated heterocycles. The smallest absolute Gasteiger partial charge is 0.141 e. The van der Waals surface area contributed by atoms with Crippen molar-refractivity contribution in [2.45, 2.75) is 26.4 Å². The summed E-state index contributed by atoms with van der Waals surface area (Å²) in [6, 6.07) is 14.6. The Morgan fingerprint density at radius 3 is 2.45 bits per heavy atom. The highest BCUT2D eigenvalue weighted by Crippen LogP contribution is 2.30. The van der Waals surface area contributed by atoms with Gasteiger partial charge in [-0.05, 0) is 31.5 Å². The molecule has 4 nitrogen and oxygen atoms in total. The zero-order valence-electron chi connectivity index (χ0n) is 13.2. The van der Waals surface area contributed by atoms with Crippen molar-refractivity contribution in [1.82, 2.24) is 9.55 Å². The molecule has 0 radical (unpaired) electrons. The molecule has 2 N–H and O–H groups in total. The van der Waals surface area contributed by atoms with Crippen molar-refractivity contribution in [3.05, 3.63) is 48.0 Å². The van der Waals surface area contributed by atoms with Crippen molar-refractivity contribution >= 4 is 11.0 Å². The van der Waals surface area contributed by atoms with Gasteiger partial charge in [0.2, 0.25) is 0 Å². The van der Waals surface area contributed by atoms with Gasteiger partial charge in [-0.3, -0.25) is 0 Å². The normalized spacial score (nSPS) is 11.3. The molecule has 1 heterocycles. The molecule has 0 spiro atoms. The quantitative estimate of drug-likeness (QED) is 0.797. The van der Waals surface area contributed by atoms with Crippen LogP contribution in [0.2, 0.25) is 0 Å². The first-order valence-corrected chi connectivity index (χ1v) is 7.49. The van der Waals surface area contributed by atoms with Crippen LogP contribution in [0, 0.1) is 0 Å². The summed E-state index contributed by atoms with van der Waals surface area (Å²) >= 11 is 0. The van der Waals surface area contributed by atoms with E-state index in [-0.39, 0.29) is 0 Å². The van der Waals surface area contributed by atoms with E-state index in [2.05, 4.69) is 48.7 Å². The predicted octanol–water partition coefficient (Wildman–Crippen LogP) is 3.75. The van der Waals surface area contributed by atoms with Gasteiger partial charge < -0.3 is 15.0 Å². The van der Waals surface area contributed by atoms with Crippen LogP contribution < -0.4 is 10.5 Å². The minimum Gasteiger partial charge on any atom is -0.497 e. The highest BCUT2D eigenvalue weighted by atomic mass is 16.5. The molecule has 0 saturated carbocycles. The first-order valence-electron chi connectivity index (χ1n) is 7.49. The summed E-state index contributed by atoms with van der Waals surface area (Å²) < 4.78 is 7.56. The number of hydrogen-bond donors (Lipinski definition) is 1. The Bertz CT molecular complexity index is 788. The van der Waals surface area contributed by atoms with Crippen molar-refractivity contribution in [3.8, 4) is 17.1 Å². The van der Waals surface area contributed by atoms with E-state index in [1.54, 1.807) is 7.11 Å². The van der Waals surface area contributed by atoms with Gasteiger partial charge in [-0.2, -0.15) is 0 Å². The molecule has 0 bridgehead atoms. The fourth-order valence-electron chi connectivity index (χ4n) is 2.72. The first kappa shape index (κ1) is 14.6.